The van der Waals surface area contributed by atoms with Gasteiger partial charge in [0.1, 0.15) is 5.65 Å². The van der Waals surface area contributed by atoms with E-state index >= 15 is 0 Å². The molecule has 5 nitrogen and oxygen atoms in total. The molecule has 3 heterocycles. The fraction of sp³-hybridized carbons (Fsp3) is 0.533. The van der Waals surface area contributed by atoms with E-state index in [1.54, 1.807) is 7.11 Å². The lowest BCUT2D eigenvalue weighted by molar-refractivity contribution is 0.0933. The lowest BCUT2D eigenvalue weighted by atomic mass is 10.3. The summed E-state index contributed by atoms with van der Waals surface area (Å²) in [6, 6.07) is 3.83. The van der Waals surface area contributed by atoms with Gasteiger partial charge in [0.15, 0.2) is 0 Å². The van der Waals surface area contributed by atoms with Gasteiger partial charge in [0.2, 0.25) is 0 Å². The topological polar surface area (TPSA) is 33.0 Å². The first kappa shape index (κ1) is 14.8. The number of imidazole rings is 1. The number of hydrogen-bond donors (Lipinski definition) is 0. The number of hydrogen-bond acceptors (Lipinski definition) is 4. The highest BCUT2D eigenvalue weighted by molar-refractivity contribution is 6.30. The number of rotatable bonds is 5. The van der Waals surface area contributed by atoms with E-state index in [1.807, 2.05) is 22.7 Å². The van der Waals surface area contributed by atoms with Crippen LogP contribution in [0.5, 0.6) is 0 Å². The quantitative estimate of drug-likeness (QED) is 0.842. The molecule has 1 aliphatic rings. The molecule has 0 aromatic carbocycles. The van der Waals surface area contributed by atoms with Crippen LogP contribution in [-0.4, -0.2) is 65.6 Å². The number of ether oxygens (including phenoxy) is 1. The van der Waals surface area contributed by atoms with Gasteiger partial charge in [-0.05, 0) is 12.1 Å². The third-order valence-electron chi connectivity index (χ3n) is 3.93. The number of pyridine rings is 1. The minimum absolute atomic E-state index is 0.734. The van der Waals surface area contributed by atoms with E-state index in [-0.39, 0.29) is 0 Å². The Morgan fingerprint density at radius 2 is 1.90 bits per heavy atom. The molecule has 1 saturated heterocycles. The van der Waals surface area contributed by atoms with E-state index in [0.29, 0.717) is 0 Å². The van der Waals surface area contributed by atoms with Gasteiger partial charge in [-0.2, -0.15) is 0 Å². The molecule has 2 aromatic rings. The maximum absolute atomic E-state index is 6.00. The number of piperazine rings is 1. The fourth-order valence-electron chi connectivity index (χ4n) is 2.71. The van der Waals surface area contributed by atoms with Gasteiger partial charge in [0.25, 0.3) is 0 Å². The SMILES string of the molecule is COCCN1CCN(Cc2cn3cc(Cl)ccc3n2)CC1. The first-order valence-electron chi connectivity index (χ1n) is 7.31. The second-order valence-electron chi connectivity index (χ2n) is 5.46. The van der Waals surface area contributed by atoms with Crippen molar-refractivity contribution < 1.29 is 4.74 Å². The van der Waals surface area contributed by atoms with Crippen LogP contribution in [0.25, 0.3) is 5.65 Å². The van der Waals surface area contributed by atoms with Crippen LogP contribution in [0, 0.1) is 0 Å². The highest BCUT2D eigenvalue weighted by atomic mass is 35.5. The molecule has 1 fully saturated rings. The first-order valence-corrected chi connectivity index (χ1v) is 7.69. The Bertz CT molecular complexity index is 592. The first-order chi connectivity index (χ1) is 10.2. The standard InChI is InChI=1S/C15H21ClN4O/c1-21-9-8-18-4-6-19(7-5-18)11-14-12-20-10-13(16)2-3-15(20)17-14/h2-3,10,12H,4-9,11H2,1H3. The fourth-order valence-corrected chi connectivity index (χ4v) is 2.88. The molecule has 114 valence electrons. The van der Waals surface area contributed by atoms with E-state index in [0.717, 1.165) is 62.2 Å². The number of aromatic nitrogens is 2. The van der Waals surface area contributed by atoms with E-state index in [4.69, 9.17) is 16.3 Å². The van der Waals surface area contributed by atoms with Crippen LogP contribution in [0.4, 0.5) is 0 Å². The molecule has 0 unspecified atom stereocenters. The van der Waals surface area contributed by atoms with Crippen molar-refractivity contribution in [2.24, 2.45) is 0 Å². The van der Waals surface area contributed by atoms with Crippen molar-refractivity contribution in [2.45, 2.75) is 6.54 Å². The summed E-state index contributed by atoms with van der Waals surface area (Å²) in [5.41, 5.74) is 2.05. The predicted molar refractivity (Wildman–Crippen MR) is 83.8 cm³/mol. The molecule has 0 amide bonds. The van der Waals surface area contributed by atoms with E-state index < -0.39 is 0 Å². The number of halogens is 1. The van der Waals surface area contributed by atoms with Gasteiger partial charge in [0.05, 0.1) is 17.3 Å². The molecule has 3 rings (SSSR count). The minimum Gasteiger partial charge on any atom is -0.383 e. The zero-order chi connectivity index (χ0) is 14.7. The van der Waals surface area contributed by atoms with Crippen LogP contribution in [0.15, 0.2) is 24.5 Å². The summed E-state index contributed by atoms with van der Waals surface area (Å²) in [4.78, 5) is 9.54. The maximum atomic E-state index is 6.00. The van der Waals surface area contributed by atoms with Gasteiger partial charge in [0, 0.05) is 58.8 Å². The Labute approximate surface area is 130 Å². The summed E-state index contributed by atoms with van der Waals surface area (Å²) in [6.45, 7) is 7.10. The van der Waals surface area contributed by atoms with Crippen LogP contribution < -0.4 is 0 Å². The molecule has 0 spiro atoms. The van der Waals surface area contributed by atoms with Crippen molar-refractivity contribution in [1.82, 2.24) is 19.2 Å². The van der Waals surface area contributed by atoms with E-state index in [2.05, 4.69) is 21.0 Å². The average molecular weight is 309 g/mol. The summed E-state index contributed by atoms with van der Waals surface area (Å²) in [7, 11) is 1.76. The predicted octanol–water partition coefficient (Wildman–Crippen LogP) is 1.75. The minimum atomic E-state index is 0.734. The molecule has 0 radical (unpaired) electrons. The molecule has 0 saturated carbocycles. The van der Waals surface area contributed by atoms with Crippen LogP contribution >= 0.6 is 11.6 Å². The highest BCUT2D eigenvalue weighted by Crippen LogP contribution is 2.13. The van der Waals surface area contributed by atoms with Gasteiger partial charge in [-0.15, -0.1) is 0 Å². The van der Waals surface area contributed by atoms with Crippen molar-refractivity contribution in [3.63, 3.8) is 0 Å². The van der Waals surface area contributed by atoms with Crippen molar-refractivity contribution >= 4 is 17.2 Å². The van der Waals surface area contributed by atoms with Crippen LogP contribution in [0.2, 0.25) is 5.02 Å². The van der Waals surface area contributed by atoms with E-state index in [9.17, 15) is 0 Å². The highest BCUT2D eigenvalue weighted by Gasteiger charge is 2.17. The Balaban J connectivity index is 1.56. The Hall–Kier alpha value is -1.14. The van der Waals surface area contributed by atoms with Gasteiger partial charge < -0.3 is 9.14 Å². The largest absolute Gasteiger partial charge is 0.383 e. The van der Waals surface area contributed by atoms with Crippen molar-refractivity contribution in [1.29, 1.82) is 0 Å². The van der Waals surface area contributed by atoms with Gasteiger partial charge in [-0.1, -0.05) is 11.6 Å². The van der Waals surface area contributed by atoms with Gasteiger partial charge in [-0.25, -0.2) is 4.98 Å². The van der Waals surface area contributed by atoms with E-state index in [1.165, 1.54) is 0 Å². The van der Waals surface area contributed by atoms with Crippen LogP contribution in [0.1, 0.15) is 5.69 Å². The molecule has 0 aliphatic carbocycles. The summed E-state index contributed by atoms with van der Waals surface area (Å²) < 4.78 is 7.12. The van der Waals surface area contributed by atoms with Crippen molar-refractivity contribution in [3.8, 4) is 0 Å². The lowest BCUT2D eigenvalue weighted by Gasteiger charge is -2.34. The molecule has 1 aliphatic heterocycles. The molecule has 0 atom stereocenters. The molecular formula is C15H21ClN4O. The molecule has 0 bridgehead atoms. The Morgan fingerprint density at radius 1 is 1.14 bits per heavy atom. The smallest absolute Gasteiger partial charge is 0.137 e. The zero-order valence-electron chi connectivity index (χ0n) is 12.3. The maximum Gasteiger partial charge on any atom is 0.137 e. The molecule has 21 heavy (non-hydrogen) atoms. The zero-order valence-corrected chi connectivity index (χ0v) is 13.1. The van der Waals surface area contributed by atoms with Crippen molar-refractivity contribution in [3.05, 3.63) is 35.2 Å². The summed E-state index contributed by atoms with van der Waals surface area (Å²) >= 11 is 6.00. The summed E-state index contributed by atoms with van der Waals surface area (Å²) in [5, 5.41) is 0.734. The Kier molecular flexibility index (Phi) is 4.75. The number of methoxy groups -OCH3 is 1. The monoisotopic (exact) mass is 308 g/mol. The average Bonchev–Trinajstić information content (AvgIpc) is 2.88. The second kappa shape index (κ2) is 6.75. The van der Waals surface area contributed by atoms with Gasteiger partial charge in [-0.3, -0.25) is 9.80 Å². The summed E-state index contributed by atoms with van der Waals surface area (Å²) in [6.07, 6.45) is 3.97. The molecule has 0 N–H and O–H groups in total. The number of nitrogens with zero attached hydrogens (tertiary/aromatic N) is 4. The third kappa shape index (κ3) is 3.74. The van der Waals surface area contributed by atoms with Crippen LogP contribution in [0.3, 0.4) is 0 Å². The molecule has 6 heteroatoms. The molecule has 2 aromatic heterocycles. The molecular weight excluding hydrogens is 288 g/mol. The van der Waals surface area contributed by atoms with Crippen molar-refractivity contribution in [2.75, 3.05) is 46.4 Å². The normalized spacial score (nSPS) is 17.6. The second-order valence-corrected chi connectivity index (χ2v) is 5.89. The number of fused-ring (bicyclic) bond motifs is 1. The lowest BCUT2D eigenvalue weighted by Crippen LogP contribution is -2.46. The van der Waals surface area contributed by atoms with Gasteiger partial charge >= 0.3 is 0 Å². The third-order valence-corrected chi connectivity index (χ3v) is 4.15. The Morgan fingerprint density at radius 3 is 2.67 bits per heavy atom. The van der Waals surface area contributed by atoms with Crippen LogP contribution in [-0.2, 0) is 11.3 Å². The summed E-state index contributed by atoms with van der Waals surface area (Å²) in [5.74, 6) is 0.